The van der Waals surface area contributed by atoms with Gasteiger partial charge >= 0.3 is 5.63 Å². The Bertz CT molecular complexity index is 1210. The Hall–Kier alpha value is -3.52. The lowest BCUT2D eigenvalue weighted by Crippen LogP contribution is -2.28. The molecular formula is C21H15NO6S. The molecule has 0 atom stereocenters. The average Bonchev–Trinajstić information content (AvgIpc) is 2.95. The Morgan fingerprint density at radius 1 is 1.10 bits per heavy atom. The van der Waals surface area contributed by atoms with E-state index in [0.29, 0.717) is 21.6 Å². The number of fused-ring (bicyclic) bond motifs is 1. The number of phenols is 1. The summed E-state index contributed by atoms with van der Waals surface area (Å²) in [7, 11) is 1.57. The molecule has 1 N–H and O–H groups in total. The third-order valence-electron chi connectivity index (χ3n) is 4.43. The first kappa shape index (κ1) is 18.8. The highest BCUT2D eigenvalue weighted by Crippen LogP contribution is 2.34. The van der Waals surface area contributed by atoms with Gasteiger partial charge in [-0.25, -0.2) is 4.79 Å². The number of hydrogen-bond donors (Lipinski definition) is 1. The molecule has 4 rings (SSSR count). The van der Waals surface area contributed by atoms with Gasteiger partial charge in [0.15, 0.2) is 0 Å². The molecule has 0 spiro atoms. The van der Waals surface area contributed by atoms with Gasteiger partial charge in [0.1, 0.15) is 17.1 Å². The fourth-order valence-electron chi connectivity index (χ4n) is 3.01. The largest absolute Gasteiger partial charge is 0.508 e. The number of aromatic hydroxyl groups is 1. The van der Waals surface area contributed by atoms with E-state index in [1.54, 1.807) is 43.5 Å². The maximum atomic E-state index is 12.8. The number of methoxy groups -OCH3 is 1. The first-order valence-electron chi connectivity index (χ1n) is 8.60. The number of benzene rings is 2. The predicted molar refractivity (Wildman–Crippen MR) is 109 cm³/mol. The van der Waals surface area contributed by atoms with Crippen LogP contribution in [-0.4, -0.2) is 28.3 Å². The van der Waals surface area contributed by atoms with E-state index in [1.165, 1.54) is 18.2 Å². The lowest BCUT2D eigenvalue weighted by molar-refractivity contribution is -0.123. The van der Waals surface area contributed by atoms with Crippen LogP contribution in [0.1, 0.15) is 11.1 Å². The molecule has 146 valence electrons. The number of thioether (sulfide) groups is 1. The fourth-order valence-corrected chi connectivity index (χ4v) is 3.85. The minimum atomic E-state index is -0.626. The molecule has 0 bridgehead atoms. The van der Waals surface area contributed by atoms with Crippen LogP contribution in [0.2, 0.25) is 0 Å². The van der Waals surface area contributed by atoms with Gasteiger partial charge in [0, 0.05) is 17.5 Å². The second-order valence-corrected chi connectivity index (χ2v) is 7.31. The molecule has 0 aliphatic carbocycles. The highest BCUT2D eigenvalue weighted by Gasteiger charge is 2.35. The highest BCUT2D eigenvalue weighted by molar-refractivity contribution is 8.18. The number of ether oxygens (including phenoxy) is 1. The Balaban J connectivity index is 1.64. The summed E-state index contributed by atoms with van der Waals surface area (Å²) in [6, 6.07) is 12.7. The second-order valence-electron chi connectivity index (χ2n) is 6.31. The van der Waals surface area contributed by atoms with E-state index in [1.807, 2.05) is 0 Å². The van der Waals surface area contributed by atoms with Crippen molar-refractivity contribution >= 4 is 40.0 Å². The van der Waals surface area contributed by atoms with Crippen LogP contribution < -0.4 is 10.4 Å². The van der Waals surface area contributed by atoms with Crippen LogP contribution in [0.15, 0.2) is 62.6 Å². The number of hydrogen-bond acceptors (Lipinski definition) is 7. The van der Waals surface area contributed by atoms with Crippen LogP contribution in [0.3, 0.4) is 0 Å². The molecule has 3 aromatic rings. The topological polar surface area (TPSA) is 97.1 Å². The van der Waals surface area contributed by atoms with E-state index in [2.05, 4.69) is 0 Å². The van der Waals surface area contributed by atoms with Crippen molar-refractivity contribution in [1.29, 1.82) is 0 Å². The zero-order valence-electron chi connectivity index (χ0n) is 15.2. The number of carbonyl (C=O) groups is 2. The molecule has 29 heavy (non-hydrogen) atoms. The summed E-state index contributed by atoms with van der Waals surface area (Å²) in [5.74, 6) is 0.207. The third kappa shape index (κ3) is 3.74. The summed E-state index contributed by atoms with van der Waals surface area (Å²) in [6.07, 6.45) is 1.64. The monoisotopic (exact) mass is 409 g/mol. The van der Waals surface area contributed by atoms with Crippen LogP contribution >= 0.6 is 11.8 Å². The molecule has 2 aromatic carbocycles. The maximum absolute atomic E-state index is 12.8. The SMILES string of the molecule is COc1ccc(/C=C2\SC(=O)N(Cc3cc(=O)oc4cc(O)ccc34)C2=O)cc1. The van der Waals surface area contributed by atoms with E-state index in [0.717, 1.165) is 22.2 Å². The van der Waals surface area contributed by atoms with Crippen LogP contribution in [0, 0.1) is 0 Å². The third-order valence-corrected chi connectivity index (χ3v) is 5.34. The summed E-state index contributed by atoms with van der Waals surface area (Å²) in [6.45, 7) is -0.0719. The van der Waals surface area contributed by atoms with Crippen molar-refractivity contribution in [1.82, 2.24) is 4.90 Å². The zero-order valence-corrected chi connectivity index (χ0v) is 16.1. The van der Waals surface area contributed by atoms with Crippen LogP contribution in [-0.2, 0) is 11.3 Å². The van der Waals surface area contributed by atoms with E-state index in [4.69, 9.17) is 9.15 Å². The molecule has 1 fully saturated rings. The quantitative estimate of drug-likeness (QED) is 0.518. The first-order valence-corrected chi connectivity index (χ1v) is 9.41. The van der Waals surface area contributed by atoms with Crippen molar-refractivity contribution < 1.29 is 23.8 Å². The Kier molecular flexibility index (Phi) is 4.85. The van der Waals surface area contributed by atoms with Crippen molar-refractivity contribution in [3.63, 3.8) is 0 Å². The van der Waals surface area contributed by atoms with Gasteiger partial charge in [0.05, 0.1) is 18.6 Å². The van der Waals surface area contributed by atoms with Gasteiger partial charge < -0.3 is 14.3 Å². The molecule has 1 saturated heterocycles. The van der Waals surface area contributed by atoms with Gasteiger partial charge in [-0.1, -0.05) is 12.1 Å². The molecule has 0 unspecified atom stereocenters. The molecule has 2 amide bonds. The van der Waals surface area contributed by atoms with Crippen molar-refractivity contribution in [3.05, 3.63) is 75.0 Å². The number of amides is 2. The average molecular weight is 409 g/mol. The molecule has 1 aromatic heterocycles. The van der Waals surface area contributed by atoms with Gasteiger partial charge in [0.25, 0.3) is 11.1 Å². The van der Waals surface area contributed by atoms with Crippen molar-refractivity contribution in [2.75, 3.05) is 7.11 Å². The Morgan fingerprint density at radius 2 is 1.86 bits per heavy atom. The standard InChI is InChI=1S/C21H15NO6S/c1-27-15-5-2-12(3-6-15)8-18-20(25)22(21(26)29-18)11-13-9-19(24)28-17-10-14(23)4-7-16(13)17/h2-10,23H,11H2,1H3/b18-8-. The minimum Gasteiger partial charge on any atom is -0.508 e. The summed E-state index contributed by atoms with van der Waals surface area (Å²) < 4.78 is 10.2. The van der Waals surface area contributed by atoms with Gasteiger partial charge in [-0.2, -0.15) is 0 Å². The molecule has 8 heteroatoms. The van der Waals surface area contributed by atoms with Gasteiger partial charge in [0.2, 0.25) is 0 Å². The van der Waals surface area contributed by atoms with Crippen LogP contribution in [0.5, 0.6) is 11.5 Å². The minimum absolute atomic E-state index is 0.0496. The zero-order chi connectivity index (χ0) is 20.5. The number of phenolic OH excluding ortho intramolecular Hbond substituents is 1. The summed E-state index contributed by atoms with van der Waals surface area (Å²) >= 11 is 0.844. The Morgan fingerprint density at radius 3 is 2.59 bits per heavy atom. The molecule has 2 heterocycles. The maximum Gasteiger partial charge on any atom is 0.336 e. The molecule has 0 saturated carbocycles. The predicted octanol–water partition coefficient (Wildman–Crippen LogP) is 3.74. The molecule has 1 aliphatic rings. The highest BCUT2D eigenvalue weighted by atomic mass is 32.2. The van der Waals surface area contributed by atoms with E-state index < -0.39 is 16.8 Å². The van der Waals surface area contributed by atoms with Gasteiger partial charge in [-0.15, -0.1) is 0 Å². The number of carbonyl (C=O) groups excluding carboxylic acids is 2. The molecule has 0 radical (unpaired) electrons. The van der Waals surface area contributed by atoms with Crippen molar-refractivity contribution in [3.8, 4) is 11.5 Å². The summed E-state index contributed by atoms with van der Waals surface area (Å²) in [5.41, 5.74) is 0.786. The van der Waals surface area contributed by atoms with Crippen molar-refractivity contribution in [2.24, 2.45) is 0 Å². The molecular weight excluding hydrogens is 394 g/mol. The second kappa shape index (κ2) is 7.48. The molecule has 7 nitrogen and oxygen atoms in total. The fraction of sp³-hybridized carbons (Fsp3) is 0.0952. The van der Waals surface area contributed by atoms with E-state index >= 15 is 0 Å². The number of imide groups is 1. The first-order chi connectivity index (χ1) is 13.9. The van der Waals surface area contributed by atoms with E-state index in [-0.39, 0.29) is 17.9 Å². The smallest absolute Gasteiger partial charge is 0.336 e. The van der Waals surface area contributed by atoms with Crippen LogP contribution in [0.4, 0.5) is 4.79 Å². The van der Waals surface area contributed by atoms with Crippen molar-refractivity contribution in [2.45, 2.75) is 6.54 Å². The Labute approximate surface area is 169 Å². The van der Waals surface area contributed by atoms with Gasteiger partial charge in [-0.3, -0.25) is 14.5 Å². The van der Waals surface area contributed by atoms with Crippen LogP contribution in [0.25, 0.3) is 17.0 Å². The number of rotatable bonds is 4. The van der Waals surface area contributed by atoms with Gasteiger partial charge in [-0.05, 0) is 53.2 Å². The summed E-state index contributed by atoms with van der Waals surface area (Å²) in [4.78, 5) is 38.4. The van der Waals surface area contributed by atoms with E-state index in [9.17, 15) is 19.5 Å². The normalized spacial score (nSPS) is 15.5. The lowest BCUT2D eigenvalue weighted by Gasteiger charge is -2.13. The lowest BCUT2D eigenvalue weighted by atomic mass is 10.1. The molecule has 1 aliphatic heterocycles. The number of nitrogens with zero attached hydrogens (tertiary/aromatic N) is 1. The summed E-state index contributed by atoms with van der Waals surface area (Å²) in [5, 5.41) is 9.71.